The minimum atomic E-state index is -0.358. The molecular weight excluding hydrogens is 194 g/mol. The molecule has 1 heterocycles. The lowest BCUT2D eigenvalue weighted by molar-refractivity contribution is 0.111. The highest BCUT2D eigenvalue weighted by Crippen LogP contribution is 2.07. The summed E-state index contributed by atoms with van der Waals surface area (Å²) in [6.45, 7) is 4.38. The third-order valence-electron chi connectivity index (χ3n) is 2.22. The van der Waals surface area contributed by atoms with Crippen LogP contribution in [0.4, 0.5) is 0 Å². The number of nitrogens with zero attached hydrogens (tertiary/aromatic N) is 3. The zero-order valence-electron chi connectivity index (χ0n) is 9.18. The first kappa shape index (κ1) is 11.8. The number of aliphatic hydroxyl groups excluding tert-OH is 1. The molecule has 1 unspecified atom stereocenters. The predicted octanol–water partition coefficient (Wildman–Crippen LogP) is 0.814. The average Bonchev–Trinajstić information content (AvgIpc) is 2.58. The molecule has 0 fully saturated rings. The second kappa shape index (κ2) is 5.60. The molecule has 0 aromatic carbocycles. The fourth-order valence-corrected chi connectivity index (χ4v) is 1.42. The third kappa shape index (κ3) is 3.13. The third-order valence-corrected chi connectivity index (χ3v) is 2.22. The zero-order chi connectivity index (χ0) is 11.3. The van der Waals surface area contributed by atoms with E-state index in [4.69, 9.17) is 5.11 Å². The molecule has 5 nitrogen and oxygen atoms in total. The Labute approximate surface area is 89.1 Å². The molecule has 1 N–H and O–H groups in total. The van der Waals surface area contributed by atoms with Crippen molar-refractivity contribution >= 4 is 6.29 Å². The predicted molar refractivity (Wildman–Crippen MR) is 55.7 cm³/mol. The van der Waals surface area contributed by atoms with Crippen molar-refractivity contribution in [3.8, 4) is 0 Å². The first-order valence-corrected chi connectivity index (χ1v) is 5.24. The van der Waals surface area contributed by atoms with Gasteiger partial charge in [-0.1, -0.05) is 18.6 Å². The summed E-state index contributed by atoms with van der Waals surface area (Å²) in [5.41, 5.74) is 1.29. The minimum absolute atomic E-state index is 0.358. The van der Waals surface area contributed by atoms with E-state index in [1.807, 2.05) is 6.92 Å². The van der Waals surface area contributed by atoms with Gasteiger partial charge in [0.2, 0.25) is 0 Å². The lowest BCUT2D eigenvalue weighted by Crippen LogP contribution is -2.11. The Kier molecular flexibility index (Phi) is 4.42. The van der Waals surface area contributed by atoms with Crippen LogP contribution in [-0.2, 0) is 13.0 Å². The summed E-state index contributed by atoms with van der Waals surface area (Å²) >= 11 is 0. The molecule has 1 aromatic heterocycles. The van der Waals surface area contributed by atoms with Gasteiger partial charge in [-0.2, -0.15) is 0 Å². The Balaban J connectivity index is 2.77. The number of aryl methyl sites for hydroxylation is 1. The summed E-state index contributed by atoms with van der Waals surface area (Å²) < 4.78 is 1.71. The van der Waals surface area contributed by atoms with E-state index < -0.39 is 0 Å². The topological polar surface area (TPSA) is 68.0 Å². The number of aliphatic hydroxyl groups is 1. The van der Waals surface area contributed by atoms with Crippen molar-refractivity contribution in [2.75, 3.05) is 0 Å². The van der Waals surface area contributed by atoms with Gasteiger partial charge in [-0.25, -0.2) is 4.68 Å². The van der Waals surface area contributed by atoms with Gasteiger partial charge in [-0.3, -0.25) is 4.79 Å². The highest BCUT2D eigenvalue weighted by atomic mass is 16.3. The first-order chi connectivity index (χ1) is 7.19. The van der Waals surface area contributed by atoms with Crippen molar-refractivity contribution in [1.29, 1.82) is 0 Å². The van der Waals surface area contributed by atoms with E-state index in [2.05, 4.69) is 10.3 Å². The molecule has 0 aliphatic carbocycles. The molecule has 0 aliphatic rings. The van der Waals surface area contributed by atoms with Gasteiger partial charge in [0.15, 0.2) is 6.29 Å². The van der Waals surface area contributed by atoms with Crippen LogP contribution in [-0.4, -0.2) is 32.5 Å². The van der Waals surface area contributed by atoms with E-state index in [0.717, 1.165) is 24.8 Å². The van der Waals surface area contributed by atoms with Crippen molar-refractivity contribution in [2.45, 2.75) is 45.8 Å². The number of hydrogen-bond donors (Lipinski definition) is 1. The molecule has 1 atom stereocenters. The van der Waals surface area contributed by atoms with Crippen molar-refractivity contribution in [1.82, 2.24) is 15.0 Å². The number of hydrogen-bond acceptors (Lipinski definition) is 4. The van der Waals surface area contributed by atoms with Crippen LogP contribution in [0.1, 0.15) is 42.9 Å². The molecule has 1 aromatic rings. The molecule has 84 valence electrons. The Bertz CT molecular complexity index is 320. The van der Waals surface area contributed by atoms with Crippen LogP contribution in [0.25, 0.3) is 0 Å². The number of carbonyl (C=O) groups is 1. The van der Waals surface area contributed by atoms with Crippen LogP contribution in [0.15, 0.2) is 0 Å². The standard InChI is InChI=1S/C10H17N3O2/c1-3-4-10-9(7-14)11-12-13(10)6-5-8(2)15/h7-8,15H,3-6H2,1-2H3. The molecule has 0 amide bonds. The summed E-state index contributed by atoms with van der Waals surface area (Å²) in [7, 11) is 0. The maximum Gasteiger partial charge on any atom is 0.172 e. The Morgan fingerprint density at radius 3 is 2.87 bits per heavy atom. The molecule has 15 heavy (non-hydrogen) atoms. The largest absolute Gasteiger partial charge is 0.393 e. The lowest BCUT2D eigenvalue weighted by Gasteiger charge is -2.07. The highest BCUT2D eigenvalue weighted by molar-refractivity contribution is 5.73. The van der Waals surface area contributed by atoms with Gasteiger partial charge < -0.3 is 5.11 Å². The van der Waals surface area contributed by atoms with Crippen LogP contribution < -0.4 is 0 Å². The van der Waals surface area contributed by atoms with Crippen molar-refractivity contribution in [2.24, 2.45) is 0 Å². The quantitative estimate of drug-likeness (QED) is 0.707. The van der Waals surface area contributed by atoms with Crippen LogP contribution in [0.5, 0.6) is 0 Å². The zero-order valence-corrected chi connectivity index (χ0v) is 9.18. The van der Waals surface area contributed by atoms with Gasteiger partial charge >= 0.3 is 0 Å². The number of aldehydes is 1. The van der Waals surface area contributed by atoms with E-state index in [9.17, 15) is 4.79 Å². The van der Waals surface area contributed by atoms with Crippen LogP contribution in [0, 0.1) is 0 Å². The molecule has 1 rings (SSSR count). The summed E-state index contributed by atoms with van der Waals surface area (Å²) in [5.74, 6) is 0. The Morgan fingerprint density at radius 2 is 2.33 bits per heavy atom. The van der Waals surface area contributed by atoms with Crippen LogP contribution in [0.2, 0.25) is 0 Å². The van der Waals surface area contributed by atoms with Gasteiger partial charge in [-0.05, 0) is 19.8 Å². The van der Waals surface area contributed by atoms with Crippen molar-refractivity contribution < 1.29 is 9.90 Å². The van der Waals surface area contributed by atoms with E-state index in [-0.39, 0.29) is 6.10 Å². The summed E-state index contributed by atoms with van der Waals surface area (Å²) in [4.78, 5) is 10.7. The lowest BCUT2D eigenvalue weighted by atomic mass is 10.2. The maximum absolute atomic E-state index is 10.7. The number of carbonyl (C=O) groups excluding carboxylic acids is 1. The average molecular weight is 211 g/mol. The fraction of sp³-hybridized carbons (Fsp3) is 0.700. The van der Waals surface area contributed by atoms with Crippen molar-refractivity contribution in [3.63, 3.8) is 0 Å². The molecular formula is C10H17N3O2. The van der Waals surface area contributed by atoms with Gasteiger partial charge in [-0.15, -0.1) is 5.10 Å². The number of rotatable bonds is 6. The highest BCUT2D eigenvalue weighted by Gasteiger charge is 2.11. The normalized spacial score (nSPS) is 12.7. The molecule has 0 aliphatic heterocycles. The van der Waals surface area contributed by atoms with E-state index >= 15 is 0 Å². The Hall–Kier alpha value is -1.23. The first-order valence-electron chi connectivity index (χ1n) is 5.24. The van der Waals surface area contributed by atoms with E-state index in [0.29, 0.717) is 18.7 Å². The summed E-state index contributed by atoms with van der Waals surface area (Å²) in [5, 5.41) is 16.9. The van der Waals surface area contributed by atoms with Gasteiger partial charge in [0.05, 0.1) is 11.8 Å². The second-order valence-corrected chi connectivity index (χ2v) is 3.65. The summed E-state index contributed by atoms with van der Waals surface area (Å²) in [6.07, 6.45) is 2.74. The van der Waals surface area contributed by atoms with Gasteiger partial charge in [0.25, 0.3) is 0 Å². The minimum Gasteiger partial charge on any atom is -0.393 e. The van der Waals surface area contributed by atoms with Gasteiger partial charge in [0.1, 0.15) is 5.69 Å². The second-order valence-electron chi connectivity index (χ2n) is 3.65. The van der Waals surface area contributed by atoms with E-state index in [1.54, 1.807) is 11.6 Å². The molecule has 0 saturated heterocycles. The molecule has 0 spiro atoms. The Morgan fingerprint density at radius 1 is 1.60 bits per heavy atom. The number of aromatic nitrogens is 3. The maximum atomic E-state index is 10.7. The van der Waals surface area contributed by atoms with Crippen LogP contribution in [0.3, 0.4) is 0 Å². The van der Waals surface area contributed by atoms with Crippen LogP contribution >= 0.6 is 0 Å². The van der Waals surface area contributed by atoms with Crippen molar-refractivity contribution in [3.05, 3.63) is 11.4 Å². The van der Waals surface area contributed by atoms with Gasteiger partial charge in [0, 0.05) is 6.54 Å². The smallest absolute Gasteiger partial charge is 0.172 e. The monoisotopic (exact) mass is 211 g/mol. The molecule has 5 heteroatoms. The molecule has 0 bridgehead atoms. The summed E-state index contributed by atoms with van der Waals surface area (Å²) in [6, 6.07) is 0. The molecule has 0 saturated carbocycles. The SMILES string of the molecule is CCCc1c(C=O)nnn1CCC(C)O. The molecule has 0 radical (unpaired) electrons. The van der Waals surface area contributed by atoms with E-state index in [1.165, 1.54) is 0 Å². The fourth-order valence-electron chi connectivity index (χ4n) is 1.42.